The predicted molar refractivity (Wildman–Crippen MR) is 68.4 cm³/mol. The summed E-state index contributed by atoms with van der Waals surface area (Å²) in [5.74, 6) is 0. The third-order valence-electron chi connectivity index (χ3n) is 1.93. The third-order valence-corrected chi connectivity index (χ3v) is 3.23. The van der Waals surface area contributed by atoms with Crippen LogP contribution in [-0.4, -0.2) is 16.0 Å². The first-order valence-electron chi connectivity index (χ1n) is 4.40. The fourth-order valence-corrected chi connectivity index (χ4v) is 2.23. The number of hydrogen-bond acceptors (Lipinski definition) is 3. The van der Waals surface area contributed by atoms with Gasteiger partial charge >= 0.3 is 0 Å². The number of aliphatic imine (C=N–C) groups is 1. The van der Waals surface area contributed by atoms with E-state index in [1.807, 2.05) is 46.8 Å². The molecular weight excluding hydrogens is 226 g/mol. The molecule has 0 amide bonds. The Morgan fingerprint density at radius 3 is 2.87 bits per heavy atom. The SMILES string of the molecule is CS/C(N)=N\c1sccc1-n1cccc1. The van der Waals surface area contributed by atoms with Crippen LogP contribution in [0.25, 0.3) is 5.69 Å². The van der Waals surface area contributed by atoms with Crippen molar-refractivity contribution in [2.24, 2.45) is 10.7 Å². The van der Waals surface area contributed by atoms with Gasteiger partial charge in [-0.2, -0.15) is 0 Å². The van der Waals surface area contributed by atoms with Crippen LogP contribution in [0.4, 0.5) is 5.00 Å². The molecule has 0 aliphatic carbocycles. The van der Waals surface area contributed by atoms with Gasteiger partial charge in [0.25, 0.3) is 0 Å². The van der Waals surface area contributed by atoms with Crippen LogP contribution in [0.5, 0.6) is 0 Å². The lowest BCUT2D eigenvalue weighted by atomic mass is 10.5. The minimum Gasteiger partial charge on any atom is -0.378 e. The molecule has 0 atom stereocenters. The highest BCUT2D eigenvalue weighted by Gasteiger charge is 2.04. The molecule has 5 heteroatoms. The molecule has 15 heavy (non-hydrogen) atoms. The van der Waals surface area contributed by atoms with Gasteiger partial charge in [-0.25, -0.2) is 4.99 Å². The van der Waals surface area contributed by atoms with Crippen molar-refractivity contribution in [3.63, 3.8) is 0 Å². The molecule has 2 heterocycles. The molecular formula is C10H11N3S2. The summed E-state index contributed by atoms with van der Waals surface area (Å²) in [4.78, 5) is 4.35. The largest absolute Gasteiger partial charge is 0.378 e. The van der Waals surface area contributed by atoms with Crippen molar-refractivity contribution in [2.45, 2.75) is 0 Å². The fourth-order valence-electron chi connectivity index (χ4n) is 1.22. The zero-order chi connectivity index (χ0) is 10.7. The molecule has 0 radical (unpaired) electrons. The maximum atomic E-state index is 5.70. The van der Waals surface area contributed by atoms with Gasteiger partial charge < -0.3 is 10.3 Å². The Labute approximate surface area is 96.6 Å². The lowest BCUT2D eigenvalue weighted by molar-refractivity contribution is 1.09. The Bertz CT molecular complexity index is 457. The standard InChI is InChI=1S/C10H11N3S2/c1-14-10(11)12-9-8(4-7-15-9)13-5-2-3-6-13/h2-7H,1H3,(H2,11,12). The fraction of sp³-hybridized carbons (Fsp3) is 0.100. The molecule has 2 rings (SSSR count). The van der Waals surface area contributed by atoms with Gasteiger partial charge in [0.1, 0.15) is 5.00 Å². The van der Waals surface area contributed by atoms with E-state index in [4.69, 9.17) is 5.73 Å². The summed E-state index contributed by atoms with van der Waals surface area (Å²) in [5, 5.41) is 3.55. The van der Waals surface area contributed by atoms with Crippen molar-refractivity contribution in [3.8, 4) is 5.69 Å². The molecule has 0 aliphatic rings. The second kappa shape index (κ2) is 4.55. The molecule has 0 aromatic carbocycles. The van der Waals surface area contributed by atoms with Gasteiger partial charge in [-0.3, -0.25) is 0 Å². The van der Waals surface area contributed by atoms with Crippen molar-refractivity contribution in [1.29, 1.82) is 0 Å². The average molecular weight is 237 g/mol. The van der Waals surface area contributed by atoms with E-state index < -0.39 is 0 Å². The Morgan fingerprint density at radius 1 is 1.47 bits per heavy atom. The van der Waals surface area contributed by atoms with Gasteiger partial charge in [0.15, 0.2) is 5.17 Å². The molecule has 2 aromatic heterocycles. The van der Waals surface area contributed by atoms with Gasteiger partial charge in [-0.05, 0) is 29.8 Å². The molecule has 3 nitrogen and oxygen atoms in total. The monoisotopic (exact) mass is 237 g/mol. The van der Waals surface area contributed by atoms with Crippen molar-refractivity contribution in [2.75, 3.05) is 6.26 Å². The average Bonchev–Trinajstić information content (AvgIpc) is 2.86. The predicted octanol–water partition coefficient (Wildman–Crippen LogP) is 2.85. The number of nitrogens with two attached hydrogens (primary N) is 1. The van der Waals surface area contributed by atoms with E-state index in [2.05, 4.69) is 4.99 Å². The summed E-state index contributed by atoms with van der Waals surface area (Å²) in [6, 6.07) is 6.02. The van der Waals surface area contributed by atoms with Gasteiger partial charge in [0, 0.05) is 12.4 Å². The topological polar surface area (TPSA) is 43.3 Å². The number of thiophene rings is 1. The first-order valence-corrected chi connectivity index (χ1v) is 6.50. The second-order valence-electron chi connectivity index (χ2n) is 2.86. The quantitative estimate of drug-likeness (QED) is 0.644. The van der Waals surface area contributed by atoms with Crippen LogP contribution in [0.2, 0.25) is 0 Å². The summed E-state index contributed by atoms with van der Waals surface area (Å²) in [7, 11) is 0. The Balaban J connectivity index is 2.39. The number of nitrogens with zero attached hydrogens (tertiary/aromatic N) is 2. The summed E-state index contributed by atoms with van der Waals surface area (Å²) < 4.78 is 2.03. The van der Waals surface area contributed by atoms with E-state index in [1.165, 1.54) is 11.8 Å². The highest BCUT2D eigenvalue weighted by atomic mass is 32.2. The molecule has 2 aromatic rings. The maximum Gasteiger partial charge on any atom is 0.159 e. The van der Waals surface area contributed by atoms with Crippen molar-refractivity contribution in [1.82, 2.24) is 4.57 Å². The van der Waals surface area contributed by atoms with Crippen LogP contribution in [0.1, 0.15) is 0 Å². The zero-order valence-electron chi connectivity index (χ0n) is 8.25. The van der Waals surface area contributed by atoms with Crippen molar-refractivity contribution >= 4 is 33.3 Å². The normalized spacial score (nSPS) is 11.9. The van der Waals surface area contributed by atoms with E-state index >= 15 is 0 Å². The molecule has 78 valence electrons. The molecule has 0 aliphatic heterocycles. The lowest BCUT2D eigenvalue weighted by Crippen LogP contribution is -2.04. The van der Waals surface area contributed by atoms with E-state index in [-0.39, 0.29) is 0 Å². The molecule has 0 fully saturated rings. The van der Waals surface area contributed by atoms with E-state index in [9.17, 15) is 0 Å². The minimum atomic E-state index is 0.589. The molecule has 0 saturated heterocycles. The molecule has 0 unspecified atom stereocenters. The Hall–Kier alpha value is -1.20. The van der Waals surface area contributed by atoms with Crippen LogP contribution in [-0.2, 0) is 0 Å². The highest BCUT2D eigenvalue weighted by molar-refractivity contribution is 8.13. The van der Waals surface area contributed by atoms with E-state index in [1.54, 1.807) is 11.3 Å². The van der Waals surface area contributed by atoms with E-state index in [0.717, 1.165) is 10.7 Å². The van der Waals surface area contributed by atoms with Crippen molar-refractivity contribution in [3.05, 3.63) is 36.0 Å². The zero-order valence-corrected chi connectivity index (χ0v) is 9.89. The highest BCUT2D eigenvalue weighted by Crippen LogP contribution is 2.30. The summed E-state index contributed by atoms with van der Waals surface area (Å²) in [5.41, 5.74) is 6.77. The number of aromatic nitrogens is 1. The summed E-state index contributed by atoms with van der Waals surface area (Å²) >= 11 is 3.04. The van der Waals surface area contributed by atoms with E-state index in [0.29, 0.717) is 5.17 Å². The van der Waals surface area contributed by atoms with Gasteiger partial charge in [-0.1, -0.05) is 11.8 Å². The molecule has 0 spiro atoms. The van der Waals surface area contributed by atoms with Gasteiger partial charge in [0.05, 0.1) is 5.69 Å². The van der Waals surface area contributed by atoms with Crippen LogP contribution in [0.15, 0.2) is 41.0 Å². The number of thioether (sulfide) groups is 1. The minimum absolute atomic E-state index is 0.589. The van der Waals surface area contributed by atoms with Gasteiger partial charge in [0.2, 0.25) is 0 Å². The first-order chi connectivity index (χ1) is 7.31. The van der Waals surface area contributed by atoms with Crippen LogP contribution in [0, 0.1) is 0 Å². The van der Waals surface area contributed by atoms with Crippen LogP contribution in [0.3, 0.4) is 0 Å². The molecule has 0 saturated carbocycles. The smallest absolute Gasteiger partial charge is 0.159 e. The van der Waals surface area contributed by atoms with Crippen LogP contribution >= 0.6 is 23.1 Å². The summed E-state index contributed by atoms with van der Waals surface area (Å²) in [6.45, 7) is 0. The third kappa shape index (κ3) is 2.24. The van der Waals surface area contributed by atoms with Crippen LogP contribution < -0.4 is 5.73 Å². The number of amidine groups is 1. The second-order valence-corrected chi connectivity index (χ2v) is 4.58. The number of hydrogen-bond donors (Lipinski definition) is 1. The Morgan fingerprint density at radius 2 is 2.20 bits per heavy atom. The lowest BCUT2D eigenvalue weighted by Gasteiger charge is -2.01. The van der Waals surface area contributed by atoms with Gasteiger partial charge in [-0.15, -0.1) is 11.3 Å². The van der Waals surface area contributed by atoms with Crippen molar-refractivity contribution < 1.29 is 0 Å². The first kappa shape index (κ1) is 10.3. The number of rotatable bonds is 2. The maximum absolute atomic E-state index is 5.70. The molecule has 0 bridgehead atoms. The molecule has 2 N–H and O–H groups in total. The Kier molecular flexibility index (Phi) is 3.13. The summed E-state index contributed by atoms with van der Waals surface area (Å²) in [6.07, 6.45) is 5.91.